The third kappa shape index (κ3) is 3.99. The molecule has 5 heteroatoms. The van der Waals surface area contributed by atoms with Crippen LogP contribution in [-0.4, -0.2) is 19.2 Å². The second kappa shape index (κ2) is 6.96. The number of anilines is 1. The van der Waals surface area contributed by atoms with Crippen LogP contribution in [0.5, 0.6) is 5.75 Å². The molecule has 2 N–H and O–H groups in total. The van der Waals surface area contributed by atoms with E-state index in [9.17, 15) is 4.79 Å². The lowest BCUT2D eigenvalue weighted by atomic mass is 10.2. The molecule has 0 amide bonds. The molecule has 0 aliphatic carbocycles. The summed E-state index contributed by atoms with van der Waals surface area (Å²) in [7, 11) is 0. The highest BCUT2D eigenvalue weighted by atomic mass is 32.1. The molecule has 0 spiro atoms. The van der Waals surface area contributed by atoms with E-state index in [4.69, 9.17) is 15.2 Å². The fourth-order valence-corrected chi connectivity index (χ4v) is 2.47. The van der Waals surface area contributed by atoms with Crippen LogP contribution in [-0.2, 0) is 11.2 Å². The van der Waals surface area contributed by atoms with Gasteiger partial charge in [0.1, 0.15) is 5.75 Å². The van der Waals surface area contributed by atoms with Crippen LogP contribution in [0.4, 0.5) is 5.69 Å². The van der Waals surface area contributed by atoms with Crippen molar-refractivity contribution in [2.45, 2.75) is 13.3 Å². The van der Waals surface area contributed by atoms with Crippen LogP contribution in [0, 0.1) is 0 Å². The van der Waals surface area contributed by atoms with E-state index >= 15 is 0 Å². The zero-order valence-corrected chi connectivity index (χ0v) is 12.1. The predicted octanol–water partition coefficient (Wildman–Crippen LogP) is 3.13. The molecule has 1 aromatic carbocycles. The molecule has 0 saturated heterocycles. The SMILES string of the molecule is CCOc1cc(N)cc(C(=O)OCCc2ccsc2)c1. The van der Waals surface area contributed by atoms with Crippen molar-refractivity contribution in [1.82, 2.24) is 0 Å². The summed E-state index contributed by atoms with van der Waals surface area (Å²) in [5.41, 5.74) is 7.82. The third-order valence-corrected chi connectivity index (χ3v) is 3.41. The summed E-state index contributed by atoms with van der Waals surface area (Å²) >= 11 is 1.63. The Morgan fingerprint density at radius 3 is 2.90 bits per heavy atom. The summed E-state index contributed by atoms with van der Waals surface area (Å²) in [4.78, 5) is 12.0. The number of nitrogen functional groups attached to an aromatic ring is 1. The average Bonchev–Trinajstić information content (AvgIpc) is 2.91. The van der Waals surface area contributed by atoms with Gasteiger partial charge in [0.15, 0.2) is 0 Å². The summed E-state index contributed by atoms with van der Waals surface area (Å²) in [5.74, 6) is 0.200. The maximum absolute atomic E-state index is 12.0. The van der Waals surface area contributed by atoms with E-state index in [0.29, 0.717) is 30.2 Å². The third-order valence-electron chi connectivity index (χ3n) is 2.68. The highest BCUT2D eigenvalue weighted by Gasteiger charge is 2.10. The summed E-state index contributed by atoms with van der Waals surface area (Å²) in [6.07, 6.45) is 0.718. The van der Waals surface area contributed by atoms with Crippen molar-refractivity contribution in [3.63, 3.8) is 0 Å². The van der Waals surface area contributed by atoms with Crippen molar-refractivity contribution >= 4 is 23.0 Å². The highest BCUT2D eigenvalue weighted by molar-refractivity contribution is 7.07. The zero-order valence-electron chi connectivity index (χ0n) is 11.3. The molecule has 0 bridgehead atoms. The fourth-order valence-electron chi connectivity index (χ4n) is 1.77. The van der Waals surface area contributed by atoms with Crippen LogP contribution >= 0.6 is 11.3 Å². The summed E-state index contributed by atoms with van der Waals surface area (Å²) in [6.45, 7) is 2.76. The summed E-state index contributed by atoms with van der Waals surface area (Å²) in [6, 6.07) is 6.94. The van der Waals surface area contributed by atoms with Crippen molar-refractivity contribution < 1.29 is 14.3 Å². The Hall–Kier alpha value is -2.01. The minimum atomic E-state index is -0.381. The molecule has 1 heterocycles. The molecule has 0 saturated carbocycles. The van der Waals surface area contributed by atoms with E-state index < -0.39 is 0 Å². The molecule has 0 aliphatic heterocycles. The lowest BCUT2D eigenvalue weighted by molar-refractivity contribution is 0.0509. The molecular formula is C15H17NO3S. The number of hydrogen-bond acceptors (Lipinski definition) is 5. The molecule has 0 atom stereocenters. The van der Waals surface area contributed by atoms with Crippen molar-refractivity contribution in [2.24, 2.45) is 0 Å². The number of rotatable bonds is 6. The molecule has 0 fully saturated rings. The fraction of sp³-hybridized carbons (Fsp3) is 0.267. The molecule has 0 radical (unpaired) electrons. The number of carbonyl (C=O) groups is 1. The van der Waals surface area contributed by atoms with Crippen molar-refractivity contribution in [1.29, 1.82) is 0 Å². The smallest absolute Gasteiger partial charge is 0.338 e. The number of esters is 1. The van der Waals surface area contributed by atoms with Crippen molar-refractivity contribution in [3.05, 3.63) is 46.2 Å². The molecule has 4 nitrogen and oxygen atoms in total. The number of nitrogens with two attached hydrogens (primary N) is 1. The van der Waals surface area contributed by atoms with Crippen molar-refractivity contribution in [2.75, 3.05) is 18.9 Å². The molecule has 1 aromatic heterocycles. The Bertz CT molecular complexity index is 567. The van der Waals surface area contributed by atoms with Gasteiger partial charge in [-0.05, 0) is 41.4 Å². The summed E-state index contributed by atoms with van der Waals surface area (Å²) in [5, 5.41) is 4.05. The van der Waals surface area contributed by atoms with E-state index in [1.54, 1.807) is 29.5 Å². The van der Waals surface area contributed by atoms with Crippen LogP contribution in [0.25, 0.3) is 0 Å². The molecule has 0 aliphatic rings. The first-order valence-electron chi connectivity index (χ1n) is 6.40. The van der Waals surface area contributed by atoms with E-state index in [1.807, 2.05) is 23.8 Å². The largest absolute Gasteiger partial charge is 0.494 e. The molecule has 20 heavy (non-hydrogen) atoms. The topological polar surface area (TPSA) is 61.5 Å². The molecular weight excluding hydrogens is 274 g/mol. The van der Waals surface area contributed by atoms with Gasteiger partial charge >= 0.3 is 5.97 Å². The normalized spacial score (nSPS) is 10.2. The molecule has 2 aromatic rings. The molecule has 2 rings (SSSR count). The minimum Gasteiger partial charge on any atom is -0.494 e. The molecule has 0 unspecified atom stereocenters. The quantitative estimate of drug-likeness (QED) is 0.656. The van der Waals surface area contributed by atoms with Gasteiger partial charge in [0.2, 0.25) is 0 Å². The van der Waals surface area contributed by atoms with E-state index in [2.05, 4.69) is 0 Å². The lowest BCUT2D eigenvalue weighted by Crippen LogP contribution is -2.09. The standard InChI is InChI=1S/C15H17NO3S/c1-2-18-14-8-12(7-13(16)9-14)15(17)19-5-3-11-4-6-20-10-11/h4,6-10H,2-3,5,16H2,1H3. The van der Waals surface area contributed by atoms with Gasteiger partial charge in [-0.2, -0.15) is 11.3 Å². The monoisotopic (exact) mass is 291 g/mol. The van der Waals surface area contributed by atoms with Crippen LogP contribution in [0.1, 0.15) is 22.8 Å². The van der Waals surface area contributed by atoms with Gasteiger partial charge in [-0.1, -0.05) is 0 Å². The number of thiophene rings is 1. The van der Waals surface area contributed by atoms with Crippen LogP contribution < -0.4 is 10.5 Å². The first kappa shape index (κ1) is 14.4. The first-order chi connectivity index (χ1) is 9.69. The van der Waals surface area contributed by atoms with Gasteiger partial charge < -0.3 is 15.2 Å². The highest BCUT2D eigenvalue weighted by Crippen LogP contribution is 2.19. The number of hydrogen-bond donors (Lipinski definition) is 1. The van der Waals surface area contributed by atoms with Crippen LogP contribution in [0.2, 0.25) is 0 Å². The van der Waals surface area contributed by atoms with E-state index in [0.717, 1.165) is 6.42 Å². The van der Waals surface area contributed by atoms with Crippen LogP contribution in [0.15, 0.2) is 35.0 Å². The minimum absolute atomic E-state index is 0.355. The molecule has 106 valence electrons. The van der Waals surface area contributed by atoms with Gasteiger partial charge in [-0.15, -0.1) is 0 Å². The second-order valence-corrected chi connectivity index (χ2v) is 5.02. The number of benzene rings is 1. The maximum Gasteiger partial charge on any atom is 0.338 e. The van der Waals surface area contributed by atoms with Gasteiger partial charge in [-0.3, -0.25) is 0 Å². The van der Waals surface area contributed by atoms with Gasteiger partial charge in [0, 0.05) is 18.2 Å². The average molecular weight is 291 g/mol. The second-order valence-electron chi connectivity index (χ2n) is 4.24. The van der Waals surface area contributed by atoms with E-state index in [-0.39, 0.29) is 5.97 Å². The Morgan fingerprint density at radius 1 is 1.35 bits per heavy atom. The summed E-state index contributed by atoms with van der Waals surface area (Å²) < 4.78 is 10.6. The zero-order chi connectivity index (χ0) is 14.4. The predicted molar refractivity (Wildman–Crippen MR) is 80.3 cm³/mol. The van der Waals surface area contributed by atoms with Gasteiger partial charge in [0.25, 0.3) is 0 Å². The number of carbonyl (C=O) groups excluding carboxylic acids is 1. The Morgan fingerprint density at radius 2 is 2.20 bits per heavy atom. The van der Waals surface area contributed by atoms with Gasteiger partial charge in [-0.25, -0.2) is 4.79 Å². The number of ether oxygens (including phenoxy) is 2. The first-order valence-corrected chi connectivity index (χ1v) is 7.35. The Labute approximate surface area is 122 Å². The van der Waals surface area contributed by atoms with Crippen molar-refractivity contribution in [3.8, 4) is 5.75 Å². The maximum atomic E-state index is 12.0. The van der Waals surface area contributed by atoms with Crippen LogP contribution in [0.3, 0.4) is 0 Å². The Balaban J connectivity index is 1.94. The van der Waals surface area contributed by atoms with E-state index in [1.165, 1.54) is 5.56 Å². The van der Waals surface area contributed by atoms with Gasteiger partial charge in [0.05, 0.1) is 18.8 Å². The Kier molecular flexibility index (Phi) is 5.01. The lowest BCUT2D eigenvalue weighted by Gasteiger charge is -2.08.